The number of amides is 1. The number of carboxylic acid groups (broad SMARTS) is 1. The summed E-state index contributed by atoms with van der Waals surface area (Å²) in [6.07, 6.45) is 0. The Kier molecular flexibility index (Phi) is 3.45. The van der Waals surface area contributed by atoms with Crippen LogP contribution >= 0.6 is 0 Å². The average molecular weight is 295 g/mol. The van der Waals surface area contributed by atoms with Crippen molar-refractivity contribution in [2.45, 2.75) is 19.9 Å². The molecule has 1 fully saturated rings. The molecule has 1 aliphatic rings. The van der Waals surface area contributed by atoms with Gasteiger partial charge in [0.1, 0.15) is 0 Å². The number of carbonyl (C=O) groups is 2. The van der Waals surface area contributed by atoms with Crippen molar-refractivity contribution in [3.63, 3.8) is 0 Å². The molecule has 1 heterocycles. The van der Waals surface area contributed by atoms with Crippen molar-refractivity contribution in [3.05, 3.63) is 59.2 Å². The van der Waals surface area contributed by atoms with E-state index < -0.39 is 5.97 Å². The van der Waals surface area contributed by atoms with E-state index in [-0.39, 0.29) is 17.5 Å². The van der Waals surface area contributed by atoms with Gasteiger partial charge in [-0.25, -0.2) is 4.79 Å². The molecule has 22 heavy (non-hydrogen) atoms. The van der Waals surface area contributed by atoms with Crippen molar-refractivity contribution in [1.82, 2.24) is 4.90 Å². The second-order valence-electron chi connectivity index (χ2n) is 5.67. The fourth-order valence-electron chi connectivity index (χ4n) is 2.63. The predicted octanol–water partition coefficient (Wildman–Crippen LogP) is 3.20. The van der Waals surface area contributed by atoms with E-state index in [4.69, 9.17) is 0 Å². The summed E-state index contributed by atoms with van der Waals surface area (Å²) < 4.78 is 0. The highest BCUT2D eigenvalue weighted by atomic mass is 16.4. The zero-order chi connectivity index (χ0) is 15.9. The Bertz CT molecular complexity index is 752. The molecule has 3 rings (SSSR count). The lowest BCUT2D eigenvalue weighted by Gasteiger charge is -2.13. The first-order valence-electron chi connectivity index (χ1n) is 7.23. The van der Waals surface area contributed by atoms with E-state index in [0.717, 1.165) is 17.7 Å². The third kappa shape index (κ3) is 2.48. The summed E-state index contributed by atoms with van der Waals surface area (Å²) in [5, 5.41) is 9.42. The first-order chi connectivity index (χ1) is 10.5. The first-order valence-corrected chi connectivity index (χ1v) is 7.23. The van der Waals surface area contributed by atoms with Gasteiger partial charge in [-0.2, -0.15) is 0 Å². The molecule has 1 saturated heterocycles. The molecule has 4 heteroatoms. The lowest BCUT2D eigenvalue weighted by Crippen LogP contribution is -2.16. The van der Waals surface area contributed by atoms with E-state index in [1.807, 2.05) is 37.3 Å². The summed E-state index contributed by atoms with van der Waals surface area (Å²) in [5.41, 5.74) is 2.83. The van der Waals surface area contributed by atoms with Gasteiger partial charge in [-0.15, -0.1) is 0 Å². The fourth-order valence-corrected chi connectivity index (χ4v) is 2.63. The molecule has 112 valence electrons. The van der Waals surface area contributed by atoms with E-state index >= 15 is 0 Å². The minimum Gasteiger partial charge on any atom is -0.478 e. The van der Waals surface area contributed by atoms with Gasteiger partial charge in [0.25, 0.3) is 5.91 Å². The van der Waals surface area contributed by atoms with Crippen molar-refractivity contribution < 1.29 is 14.7 Å². The van der Waals surface area contributed by atoms with Gasteiger partial charge in [0.05, 0.1) is 5.56 Å². The molecule has 2 aromatic rings. The molecular weight excluding hydrogens is 278 g/mol. The normalized spacial score (nSPS) is 16.5. The molecule has 4 nitrogen and oxygen atoms in total. The van der Waals surface area contributed by atoms with Crippen LogP contribution in [0.3, 0.4) is 0 Å². The van der Waals surface area contributed by atoms with Crippen molar-refractivity contribution in [2.24, 2.45) is 0 Å². The number of carbonyl (C=O) groups excluding carboxylic acids is 1. The number of nitrogens with zero attached hydrogens (tertiary/aromatic N) is 1. The fraction of sp³-hybridized carbons (Fsp3) is 0.222. The zero-order valence-electron chi connectivity index (χ0n) is 12.5. The molecule has 1 atom stereocenters. The Balaban J connectivity index is 2.14. The predicted molar refractivity (Wildman–Crippen MR) is 84.1 cm³/mol. The van der Waals surface area contributed by atoms with Gasteiger partial charge >= 0.3 is 5.97 Å². The molecule has 0 aliphatic carbocycles. The highest BCUT2D eigenvalue weighted by Gasteiger charge is 2.36. The summed E-state index contributed by atoms with van der Waals surface area (Å²) in [4.78, 5) is 25.8. The van der Waals surface area contributed by atoms with Crippen LogP contribution in [0.5, 0.6) is 0 Å². The van der Waals surface area contributed by atoms with E-state index in [9.17, 15) is 14.7 Å². The average Bonchev–Trinajstić information content (AvgIpc) is 3.24. The molecule has 1 aliphatic heterocycles. The number of benzene rings is 2. The molecule has 0 saturated carbocycles. The molecule has 0 radical (unpaired) electrons. The summed E-state index contributed by atoms with van der Waals surface area (Å²) in [5.74, 6) is -1.10. The minimum absolute atomic E-state index is 0.0923. The standard InChI is InChI=1S/C18H17NO3/c1-11-10-19(11)17(20)15-8-14(13-6-4-3-5-7-13)9-16(12(15)2)18(21)22/h3-9,11H,10H2,1-2H3,(H,21,22). The van der Waals surface area contributed by atoms with Gasteiger partial charge in [-0.1, -0.05) is 30.3 Å². The van der Waals surface area contributed by atoms with Gasteiger partial charge in [0.2, 0.25) is 0 Å². The van der Waals surface area contributed by atoms with Crippen LogP contribution in [0, 0.1) is 6.92 Å². The molecule has 0 aromatic heterocycles. The van der Waals surface area contributed by atoms with E-state index in [0.29, 0.717) is 11.1 Å². The molecule has 2 aromatic carbocycles. The van der Waals surface area contributed by atoms with Crippen LogP contribution in [-0.2, 0) is 0 Å². The summed E-state index contributed by atoms with van der Waals surface area (Å²) in [7, 11) is 0. The Morgan fingerprint density at radius 2 is 1.68 bits per heavy atom. The van der Waals surface area contributed by atoms with Crippen LogP contribution in [0.4, 0.5) is 0 Å². The maximum Gasteiger partial charge on any atom is 0.335 e. The van der Waals surface area contributed by atoms with Crippen LogP contribution in [-0.4, -0.2) is 34.5 Å². The van der Waals surface area contributed by atoms with Crippen LogP contribution in [0.25, 0.3) is 11.1 Å². The first kappa shape index (κ1) is 14.3. The van der Waals surface area contributed by atoms with Crippen molar-refractivity contribution >= 4 is 11.9 Å². The Hall–Kier alpha value is -2.62. The smallest absolute Gasteiger partial charge is 0.335 e. The molecule has 1 unspecified atom stereocenters. The summed E-state index contributed by atoms with van der Waals surface area (Å²) in [6.45, 7) is 4.41. The Morgan fingerprint density at radius 1 is 1.09 bits per heavy atom. The highest BCUT2D eigenvalue weighted by Crippen LogP contribution is 2.29. The Morgan fingerprint density at radius 3 is 2.23 bits per heavy atom. The molecular formula is C18H17NO3. The van der Waals surface area contributed by atoms with Gasteiger partial charge in [0, 0.05) is 18.2 Å². The van der Waals surface area contributed by atoms with Crippen molar-refractivity contribution in [3.8, 4) is 11.1 Å². The second kappa shape index (κ2) is 5.30. The minimum atomic E-state index is -1.01. The lowest BCUT2D eigenvalue weighted by atomic mass is 9.94. The van der Waals surface area contributed by atoms with Crippen LogP contribution < -0.4 is 0 Å². The number of hydrogen-bond donors (Lipinski definition) is 1. The second-order valence-corrected chi connectivity index (χ2v) is 5.67. The summed E-state index contributed by atoms with van der Waals surface area (Å²) >= 11 is 0. The van der Waals surface area contributed by atoms with Crippen molar-refractivity contribution in [1.29, 1.82) is 0 Å². The van der Waals surface area contributed by atoms with Gasteiger partial charge < -0.3 is 10.0 Å². The van der Waals surface area contributed by atoms with E-state index in [2.05, 4.69) is 0 Å². The monoisotopic (exact) mass is 295 g/mol. The topological polar surface area (TPSA) is 57.4 Å². The number of hydrogen-bond acceptors (Lipinski definition) is 2. The van der Waals surface area contributed by atoms with E-state index in [1.54, 1.807) is 24.0 Å². The third-order valence-electron chi connectivity index (χ3n) is 4.10. The lowest BCUT2D eigenvalue weighted by molar-refractivity contribution is 0.0696. The van der Waals surface area contributed by atoms with Crippen LogP contribution in [0.15, 0.2) is 42.5 Å². The van der Waals surface area contributed by atoms with Gasteiger partial charge in [0.15, 0.2) is 0 Å². The molecule has 1 N–H and O–H groups in total. The van der Waals surface area contributed by atoms with E-state index in [1.165, 1.54) is 0 Å². The van der Waals surface area contributed by atoms with Gasteiger partial charge in [-0.3, -0.25) is 4.79 Å². The maximum atomic E-state index is 12.5. The summed E-state index contributed by atoms with van der Waals surface area (Å²) in [6, 6.07) is 13.2. The number of rotatable bonds is 3. The molecule has 0 bridgehead atoms. The van der Waals surface area contributed by atoms with Crippen LogP contribution in [0.2, 0.25) is 0 Å². The van der Waals surface area contributed by atoms with Gasteiger partial charge in [-0.05, 0) is 42.7 Å². The molecule has 0 spiro atoms. The number of aromatic carboxylic acids is 1. The zero-order valence-corrected chi connectivity index (χ0v) is 12.5. The van der Waals surface area contributed by atoms with Crippen molar-refractivity contribution in [2.75, 3.05) is 6.54 Å². The quantitative estimate of drug-likeness (QED) is 0.885. The number of carboxylic acids is 1. The SMILES string of the molecule is Cc1c(C(=O)O)cc(-c2ccccc2)cc1C(=O)N1CC1C. The highest BCUT2D eigenvalue weighted by molar-refractivity contribution is 6.02. The molecule has 1 amide bonds. The largest absolute Gasteiger partial charge is 0.478 e. The Labute approximate surface area is 129 Å². The third-order valence-corrected chi connectivity index (χ3v) is 4.10. The van der Waals surface area contributed by atoms with Crippen LogP contribution in [0.1, 0.15) is 33.2 Å². The maximum absolute atomic E-state index is 12.5.